The Kier molecular flexibility index (Phi) is 5.74. The molecule has 2 nitrogen and oxygen atoms in total. The zero-order valence-electron chi connectivity index (χ0n) is 15.2. The highest BCUT2D eigenvalue weighted by molar-refractivity contribution is 6.03. The minimum Gasteiger partial charge on any atom is -0.297 e. The summed E-state index contributed by atoms with van der Waals surface area (Å²) in [6, 6.07) is 16.2. The summed E-state index contributed by atoms with van der Waals surface area (Å²) < 4.78 is 0. The molecule has 2 rings (SSSR count). The highest BCUT2D eigenvalue weighted by Crippen LogP contribution is 2.28. The van der Waals surface area contributed by atoms with Gasteiger partial charge in [-0.15, -0.1) is 0 Å². The molecule has 0 aliphatic rings. The highest BCUT2D eigenvalue weighted by Gasteiger charge is 2.39. The Bertz CT molecular complexity index is 698. The van der Waals surface area contributed by atoms with Crippen molar-refractivity contribution < 1.29 is 4.79 Å². The Morgan fingerprint density at radius 1 is 1.08 bits per heavy atom. The van der Waals surface area contributed by atoms with Gasteiger partial charge in [0.25, 0.3) is 0 Å². The summed E-state index contributed by atoms with van der Waals surface area (Å²) in [5.74, 6) is 0.172. The van der Waals surface area contributed by atoms with Gasteiger partial charge in [-0.1, -0.05) is 73.7 Å². The molecule has 0 bridgehead atoms. The summed E-state index contributed by atoms with van der Waals surface area (Å²) in [7, 11) is 3.99. The molecule has 0 aromatic heterocycles. The van der Waals surface area contributed by atoms with E-state index in [1.54, 1.807) is 6.08 Å². The van der Waals surface area contributed by atoms with Crippen LogP contribution in [0.3, 0.4) is 0 Å². The van der Waals surface area contributed by atoms with Gasteiger partial charge in [-0.3, -0.25) is 9.69 Å². The molecule has 1 unspecified atom stereocenters. The van der Waals surface area contributed by atoms with E-state index in [9.17, 15) is 4.79 Å². The average molecular weight is 321 g/mol. The van der Waals surface area contributed by atoms with E-state index in [1.807, 2.05) is 38.4 Å². The van der Waals surface area contributed by atoms with E-state index in [2.05, 4.69) is 49.6 Å². The van der Waals surface area contributed by atoms with Crippen molar-refractivity contribution in [2.45, 2.75) is 32.2 Å². The van der Waals surface area contributed by atoms with Crippen LogP contribution in [0, 0.1) is 6.92 Å². The van der Waals surface area contributed by atoms with Crippen LogP contribution in [0.4, 0.5) is 0 Å². The highest BCUT2D eigenvalue weighted by atomic mass is 16.1. The van der Waals surface area contributed by atoms with E-state index in [4.69, 9.17) is 0 Å². The Hall–Kier alpha value is -2.19. The largest absolute Gasteiger partial charge is 0.297 e. The summed E-state index contributed by atoms with van der Waals surface area (Å²) in [6.07, 6.45) is 3.26. The average Bonchev–Trinajstić information content (AvgIpc) is 2.60. The Morgan fingerprint density at radius 3 is 2.12 bits per heavy atom. The fourth-order valence-electron chi connectivity index (χ4n) is 3.13. The number of nitrogens with zero attached hydrogens (tertiary/aromatic N) is 1. The summed E-state index contributed by atoms with van der Waals surface area (Å²) in [4.78, 5) is 15.4. The standard InChI is InChI=1S/C22H27NO/c1-6-18-12-14-20(15-13-18)21(24)22(7-2,23(4)5)16-19-10-8-17(3)9-11-19/h6,8-15H,1,7,16H2,2-5H3. The van der Waals surface area contributed by atoms with Crippen molar-refractivity contribution in [1.29, 1.82) is 0 Å². The third-order valence-corrected chi connectivity index (χ3v) is 4.89. The summed E-state index contributed by atoms with van der Waals surface area (Å²) in [6.45, 7) is 7.93. The van der Waals surface area contributed by atoms with Gasteiger partial charge in [-0.25, -0.2) is 0 Å². The summed E-state index contributed by atoms with van der Waals surface area (Å²) in [5.41, 5.74) is 3.66. The lowest BCUT2D eigenvalue weighted by Gasteiger charge is -2.38. The van der Waals surface area contributed by atoms with Gasteiger partial charge in [-0.05, 0) is 45.0 Å². The lowest BCUT2D eigenvalue weighted by Crippen LogP contribution is -2.52. The van der Waals surface area contributed by atoms with Gasteiger partial charge >= 0.3 is 0 Å². The number of Topliss-reactive ketones (excluding diaryl/α,β-unsaturated/α-hetero) is 1. The molecule has 24 heavy (non-hydrogen) atoms. The van der Waals surface area contributed by atoms with E-state index in [0.29, 0.717) is 6.42 Å². The second-order valence-electron chi connectivity index (χ2n) is 6.60. The number of hydrogen-bond donors (Lipinski definition) is 0. The fourth-order valence-corrected chi connectivity index (χ4v) is 3.13. The molecule has 0 aliphatic carbocycles. The topological polar surface area (TPSA) is 20.3 Å². The number of likely N-dealkylation sites (N-methyl/N-ethyl adjacent to an activating group) is 1. The van der Waals surface area contributed by atoms with Crippen LogP contribution in [-0.2, 0) is 6.42 Å². The van der Waals surface area contributed by atoms with Crippen molar-refractivity contribution in [3.8, 4) is 0 Å². The van der Waals surface area contributed by atoms with Crippen LogP contribution in [0.5, 0.6) is 0 Å². The van der Waals surface area contributed by atoms with Crippen molar-refractivity contribution in [2.24, 2.45) is 0 Å². The van der Waals surface area contributed by atoms with Gasteiger partial charge in [0.1, 0.15) is 0 Å². The molecule has 0 spiro atoms. The van der Waals surface area contributed by atoms with Gasteiger partial charge < -0.3 is 0 Å². The Labute approximate surface area is 145 Å². The first-order valence-electron chi connectivity index (χ1n) is 8.43. The first kappa shape index (κ1) is 18.2. The number of aryl methyl sites for hydroxylation is 1. The lowest BCUT2D eigenvalue weighted by molar-refractivity contribution is 0.0666. The van der Waals surface area contributed by atoms with Crippen LogP contribution in [-0.4, -0.2) is 30.3 Å². The minimum absolute atomic E-state index is 0.172. The predicted molar refractivity (Wildman–Crippen MR) is 102 cm³/mol. The van der Waals surface area contributed by atoms with Gasteiger partial charge in [0, 0.05) is 5.56 Å². The summed E-state index contributed by atoms with van der Waals surface area (Å²) >= 11 is 0. The maximum absolute atomic E-state index is 13.3. The SMILES string of the molecule is C=Cc1ccc(C(=O)C(CC)(Cc2ccc(C)cc2)N(C)C)cc1. The third kappa shape index (κ3) is 3.65. The van der Waals surface area contributed by atoms with Crippen molar-refractivity contribution >= 4 is 11.9 Å². The number of rotatable bonds is 7. The lowest BCUT2D eigenvalue weighted by atomic mass is 9.80. The zero-order chi connectivity index (χ0) is 17.7. The van der Waals surface area contributed by atoms with Crippen molar-refractivity contribution in [1.82, 2.24) is 4.90 Å². The van der Waals surface area contributed by atoms with Gasteiger partial charge in [0.15, 0.2) is 5.78 Å². The number of carbonyl (C=O) groups is 1. The Morgan fingerprint density at radius 2 is 1.67 bits per heavy atom. The number of benzene rings is 2. The smallest absolute Gasteiger partial charge is 0.183 e. The third-order valence-electron chi connectivity index (χ3n) is 4.89. The summed E-state index contributed by atoms with van der Waals surface area (Å²) in [5, 5.41) is 0. The molecule has 126 valence electrons. The monoisotopic (exact) mass is 321 g/mol. The molecular formula is C22H27NO. The zero-order valence-corrected chi connectivity index (χ0v) is 15.2. The first-order valence-corrected chi connectivity index (χ1v) is 8.43. The van der Waals surface area contributed by atoms with E-state index >= 15 is 0 Å². The number of hydrogen-bond acceptors (Lipinski definition) is 2. The molecule has 0 amide bonds. The predicted octanol–water partition coefficient (Wildman–Crippen LogP) is 4.77. The fraction of sp³-hybridized carbons (Fsp3) is 0.318. The molecular weight excluding hydrogens is 294 g/mol. The Balaban J connectivity index is 2.39. The van der Waals surface area contributed by atoms with Gasteiger partial charge in [0.05, 0.1) is 5.54 Å². The number of carbonyl (C=O) groups excluding carboxylic acids is 1. The molecule has 0 heterocycles. The molecule has 0 fully saturated rings. The van der Waals surface area contributed by atoms with Crippen LogP contribution in [0.1, 0.15) is 40.4 Å². The molecule has 2 aromatic rings. The van der Waals surface area contributed by atoms with Crippen LogP contribution in [0.25, 0.3) is 6.08 Å². The molecule has 0 saturated carbocycles. The van der Waals surface area contributed by atoms with E-state index < -0.39 is 5.54 Å². The molecule has 2 heteroatoms. The van der Waals surface area contributed by atoms with Crippen LogP contribution < -0.4 is 0 Å². The minimum atomic E-state index is -0.537. The first-order chi connectivity index (χ1) is 11.4. The van der Waals surface area contributed by atoms with Crippen molar-refractivity contribution in [3.63, 3.8) is 0 Å². The number of ketones is 1. The van der Waals surface area contributed by atoms with Crippen molar-refractivity contribution in [3.05, 3.63) is 77.4 Å². The van der Waals surface area contributed by atoms with Crippen LogP contribution in [0.15, 0.2) is 55.1 Å². The molecule has 0 aliphatic heterocycles. The molecule has 2 aromatic carbocycles. The second kappa shape index (κ2) is 7.59. The maximum Gasteiger partial charge on any atom is 0.183 e. The van der Waals surface area contributed by atoms with E-state index in [0.717, 1.165) is 17.5 Å². The quantitative estimate of drug-likeness (QED) is 0.684. The van der Waals surface area contributed by atoms with Gasteiger partial charge in [-0.2, -0.15) is 0 Å². The van der Waals surface area contributed by atoms with E-state index in [-0.39, 0.29) is 5.78 Å². The van der Waals surface area contributed by atoms with Crippen LogP contribution in [0.2, 0.25) is 0 Å². The molecule has 0 radical (unpaired) electrons. The second-order valence-corrected chi connectivity index (χ2v) is 6.60. The normalized spacial score (nSPS) is 13.5. The van der Waals surface area contributed by atoms with Gasteiger partial charge in [0.2, 0.25) is 0 Å². The maximum atomic E-state index is 13.3. The molecule has 0 saturated heterocycles. The van der Waals surface area contributed by atoms with E-state index in [1.165, 1.54) is 11.1 Å². The van der Waals surface area contributed by atoms with Crippen molar-refractivity contribution in [2.75, 3.05) is 14.1 Å². The van der Waals surface area contributed by atoms with Crippen LogP contribution >= 0.6 is 0 Å². The molecule has 0 N–H and O–H groups in total. The molecule has 1 atom stereocenters.